The van der Waals surface area contributed by atoms with Gasteiger partial charge in [-0.05, 0) is 127 Å². The molecule has 296 valence electrons. The number of benzene rings is 4. The molecule has 0 aliphatic rings. The highest BCUT2D eigenvalue weighted by atomic mass is 32.2. The summed E-state index contributed by atoms with van der Waals surface area (Å²) in [6.45, 7) is 9.85. The van der Waals surface area contributed by atoms with Crippen LogP contribution in [0.4, 0.5) is 24.5 Å². The lowest BCUT2D eigenvalue weighted by atomic mass is 9.99. The number of esters is 1. The Kier molecular flexibility index (Phi) is 13.9. The highest BCUT2D eigenvalue weighted by Crippen LogP contribution is 2.27. The molecule has 1 aromatic heterocycles. The van der Waals surface area contributed by atoms with Crippen LogP contribution in [-0.4, -0.2) is 52.5 Å². The second kappa shape index (κ2) is 19.0. The number of nitrogens with one attached hydrogen (secondary N) is 2. The maximum atomic E-state index is 12.8. The summed E-state index contributed by atoms with van der Waals surface area (Å²) >= 11 is 1.19. The fraction of sp³-hybridized carbons (Fsp3) is 0.214. The second-order valence-electron chi connectivity index (χ2n) is 13.0. The number of hydrogen-bond acceptors (Lipinski definition) is 9. The first kappa shape index (κ1) is 41.8. The number of carbonyl (C=O) groups excluding carboxylic acids is 2. The van der Waals surface area contributed by atoms with Gasteiger partial charge in [-0.1, -0.05) is 44.2 Å². The summed E-state index contributed by atoms with van der Waals surface area (Å²) in [6, 6.07) is 23.7. The van der Waals surface area contributed by atoms with Gasteiger partial charge in [0.05, 0.1) is 36.6 Å². The molecule has 5 aromatic rings. The summed E-state index contributed by atoms with van der Waals surface area (Å²) in [5, 5.41) is 19.9. The number of amidine groups is 1. The molecule has 0 fully saturated rings. The van der Waals surface area contributed by atoms with Crippen molar-refractivity contribution in [3.8, 4) is 17.2 Å². The zero-order chi connectivity index (χ0) is 41.1. The lowest BCUT2D eigenvalue weighted by Gasteiger charge is -2.16. The lowest BCUT2D eigenvalue weighted by Crippen LogP contribution is -2.17. The number of amides is 1. The number of halogens is 3. The van der Waals surface area contributed by atoms with E-state index in [2.05, 4.69) is 56.7 Å². The van der Waals surface area contributed by atoms with Crippen LogP contribution in [0.15, 0.2) is 107 Å². The molecule has 11 nitrogen and oxygen atoms in total. The molecular formula is C42H41F3N6O5S. The Bertz CT molecular complexity index is 2290. The topological polar surface area (TPSA) is 128 Å². The third kappa shape index (κ3) is 12.3. The molecule has 0 saturated heterocycles. The van der Waals surface area contributed by atoms with Gasteiger partial charge >= 0.3 is 12.3 Å². The quantitative estimate of drug-likeness (QED) is 0.0301. The first-order chi connectivity index (χ1) is 27.2. The Morgan fingerprint density at radius 1 is 0.912 bits per heavy atom. The van der Waals surface area contributed by atoms with Crippen molar-refractivity contribution >= 4 is 52.5 Å². The van der Waals surface area contributed by atoms with Gasteiger partial charge in [0.15, 0.2) is 5.17 Å². The maximum absolute atomic E-state index is 12.8. The molecule has 2 N–H and O–H groups in total. The highest BCUT2D eigenvalue weighted by Gasteiger charge is 2.31. The van der Waals surface area contributed by atoms with E-state index in [0.717, 1.165) is 51.4 Å². The average molecular weight is 799 g/mol. The average Bonchev–Trinajstić information content (AvgIpc) is 3.53. The van der Waals surface area contributed by atoms with E-state index < -0.39 is 24.0 Å². The lowest BCUT2D eigenvalue weighted by molar-refractivity contribution is -0.274. The number of thioether (sulfide) groups is 1. The van der Waals surface area contributed by atoms with Gasteiger partial charge < -0.3 is 24.8 Å². The van der Waals surface area contributed by atoms with E-state index in [1.165, 1.54) is 30.0 Å². The summed E-state index contributed by atoms with van der Waals surface area (Å²) in [5.74, 6) is -0.516. The summed E-state index contributed by atoms with van der Waals surface area (Å²) < 4.78 is 53.6. The van der Waals surface area contributed by atoms with E-state index in [1.54, 1.807) is 49.3 Å². The van der Waals surface area contributed by atoms with Crippen LogP contribution in [0, 0.1) is 20.8 Å². The molecule has 15 heteroatoms. The first-order valence-electron chi connectivity index (χ1n) is 17.6. The standard InChI is InChI=1S/C42H41F3N6O5S/c1-26(2)36-19-7-27(3)21-37(36)48-41(57-25-55-39(52)20-10-30-8-15-34(54-6)16-9-30)49-46-23-32-11-14-33(22-28(32)4)51-24-38(29(5)50-51)47-40(53)31-12-17-35(18-13-31)56-42(43,44)45/h7-24,26H,25H2,1-6H3,(H,47,53)(H,48,49)/b20-10+,46-23+. The zero-order valence-electron chi connectivity index (χ0n) is 32.0. The first-order valence-corrected chi connectivity index (χ1v) is 18.6. The molecule has 4 aromatic carbocycles. The van der Waals surface area contributed by atoms with E-state index in [1.807, 2.05) is 50.2 Å². The fourth-order valence-electron chi connectivity index (χ4n) is 5.37. The number of nitrogens with zero attached hydrogens (tertiary/aromatic N) is 4. The third-order valence-corrected chi connectivity index (χ3v) is 9.05. The maximum Gasteiger partial charge on any atom is 0.573 e. The van der Waals surface area contributed by atoms with Crippen LogP contribution >= 0.6 is 11.8 Å². The minimum absolute atomic E-state index is 0.0153. The van der Waals surface area contributed by atoms with Gasteiger partial charge in [-0.25, -0.2) is 9.48 Å². The highest BCUT2D eigenvalue weighted by molar-refractivity contribution is 8.14. The van der Waals surface area contributed by atoms with Crippen LogP contribution in [0.5, 0.6) is 11.5 Å². The molecule has 0 saturated carbocycles. The number of aromatic nitrogens is 2. The number of aryl methyl sites for hydroxylation is 3. The van der Waals surface area contributed by atoms with Crippen LogP contribution in [0.25, 0.3) is 11.8 Å². The molecule has 0 aliphatic carbocycles. The second-order valence-corrected chi connectivity index (χ2v) is 13.9. The van der Waals surface area contributed by atoms with E-state index in [4.69, 9.17) is 9.47 Å². The molecule has 5 rings (SSSR count). The van der Waals surface area contributed by atoms with Crippen LogP contribution in [-0.2, 0) is 9.53 Å². The molecule has 0 unspecified atom stereocenters. The van der Waals surface area contributed by atoms with E-state index >= 15 is 0 Å². The van der Waals surface area contributed by atoms with Crippen molar-refractivity contribution in [2.45, 2.75) is 46.9 Å². The molecule has 0 aliphatic heterocycles. The summed E-state index contributed by atoms with van der Waals surface area (Å²) in [5.41, 5.74) is 7.33. The normalized spacial score (nSPS) is 12.0. The zero-order valence-corrected chi connectivity index (χ0v) is 32.9. The molecule has 57 heavy (non-hydrogen) atoms. The number of alkyl halides is 3. The van der Waals surface area contributed by atoms with Gasteiger partial charge in [0, 0.05) is 17.3 Å². The SMILES string of the molecule is COc1ccc(/C=C/C(=O)OCS/C(=N/N=C/c2ccc(-n3cc(NC(=O)c4ccc(OC(F)(F)F)cc4)c(C)n3)cc2C)Nc2cc(C)ccc2C(C)C)cc1. The largest absolute Gasteiger partial charge is 0.573 e. The van der Waals surface area contributed by atoms with Gasteiger partial charge in [0.25, 0.3) is 5.91 Å². The van der Waals surface area contributed by atoms with Gasteiger partial charge in [-0.2, -0.15) is 10.2 Å². The number of hydrogen-bond donors (Lipinski definition) is 2. The Morgan fingerprint density at radius 3 is 2.30 bits per heavy atom. The van der Waals surface area contributed by atoms with Crippen LogP contribution in [0.2, 0.25) is 0 Å². The van der Waals surface area contributed by atoms with Crippen LogP contribution in [0.1, 0.15) is 63.6 Å². The van der Waals surface area contributed by atoms with Crippen molar-refractivity contribution < 1.29 is 37.0 Å². The Balaban J connectivity index is 1.27. The molecule has 0 radical (unpaired) electrons. The Labute approximate surface area is 332 Å². The molecule has 0 spiro atoms. The van der Waals surface area contributed by atoms with E-state index in [9.17, 15) is 22.8 Å². The smallest absolute Gasteiger partial charge is 0.497 e. The molecule has 1 amide bonds. The van der Waals surface area contributed by atoms with Crippen LogP contribution < -0.4 is 20.1 Å². The van der Waals surface area contributed by atoms with Crippen molar-refractivity contribution in [2.75, 3.05) is 23.7 Å². The molecule has 1 heterocycles. The van der Waals surface area contributed by atoms with Crippen molar-refractivity contribution in [3.63, 3.8) is 0 Å². The Hall–Kier alpha value is -6.35. The predicted octanol–water partition coefficient (Wildman–Crippen LogP) is 9.83. The number of carbonyl (C=O) groups is 2. The van der Waals surface area contributed by atoms with Gasteiger partial charge in [-0.3, -0.25) is 4.79 Å². The number of rotatable bonds is 13. The number of methoxy groups -OCH3 is 1. The van der Waals surface area contributed by atoms with Crippen LogP contribution in [0.3, 0.4) is 0 Å². The van der Waals surface area contributed by atoms with E-state index in [0.29, 0.717) is 22.2 Å². The van der Waals surface area contributed by atoms with Crippen molar-refractivity contribution in [1.29, 1.82) is 0 Å². The fourth-order valence-corrected chi connectivity index (χ4v) is 5.94. The van der Waals surface area contributed by atoms with Crippen molar-refractivity contribution in [3.05, 3.63) is 136 Å². The summed E-state index contributed by atoms with van der Waals surface area (Å²) in [4.78, 5) is 25.3. The number of anilines is 2. The monoisotopic (exact) mass is 798 g/mol. The third-order valence-electron chi connectivity index (χ3n) is 8.36. The molecule has 0 atom stereocenters. The minimum Gasteiger partial charge on any atom is -0.497 e. The van der Waals surface area contributed by atoms with Gasteiger partial charge in [-0.15, -0.1) is 18.3 Å². The van der Waals surface area contributed by atoms with Gasteiger partial charge in [0.1, 0.15) is 17.4 Å². The minimum atomic E-state index is -4.83. The number of ether oxygens (including phenoxy) is 3. The van der Waals surface area contributed by atoms with E-state index in [-0.39, 0.29) is 17.4 Å². The van der Waals surface area contributed by atoms with Gasteiger partial charge in [0.2, 0.25) is 0 Å². The molecular weight excluding hydrogens is 758 g/mol. The Morgan fingerprint density at radius 2 is 1.63 bits per heavy atom. The molecule has 0 bridgehead atoms. The van der Waals surface area contributed by atoms with Crippen molar-refractivity contribution in [2.24, 2.45) is 10.2 Å². The predicted molar refractivity (Wildman–Crippen MR) is 219 cm³/mol. The summed E-state index contributed by atoms with van der Waals surface area (Å²) in [7, 11) is 1.59. The summed E-state index contributed by atoms with van der Waals surface area (Å²) in [6.07, 6.45) is 1.46. The van der Waals surface area contributed by atoms with Crippen molar-refractivity contribution in [1.82, 2.24) is 9.78 Å².